The average Bonchev–Trinajstić information content (AvgIpc) is 2.61. The van der Waals surface area contributed by atoms with Gasteiger partial charge >= 0.3 is 0 Å². The highest BCUT2D eigenvalue weighted by molar-refractivity contribution is 6.32. The van der Waals surface area contributed by atoms with E-state index in [0.29, 0.717) is 22.4 Å². The van der Waals surface area contributed by atoms with Gasteiger partial charge in [0, 0.05) is 11.8 Å². The van der Waals surface area contributed by atoms with Crippen LogP contribution in [0.3, 0.4) is 0 Å². The van der Waals surface area contributed by atoms with Crippen molar-refractivity contribution in [2.45, 2.75) is 39.7 Å². The van der Waals surface area contributed by atoms with Gasteiger partial charge < -0.3 is 14.8 Å². The lowest BCUT2D eigenvalue weighted by molar-refractivity contribution is -0.111. The lowest BCUT2D eigenvalue weighted by Crippen LogP contribution is -2.10. The fraction of sp³-hybridized carbons (Fsp3) is 0.318. The molecule has 0 bridgehead atoms. The van der Waals surface area contributed by atoms with Crippen LogP contribution in [0.25, 0.3) is 6.08 Å². The third-order valence-corrected chi connectivity index (χ3v) is 4.15. The molecule has 0 aromatic heterocycles. The van der Waals surface area contributed by atoms with Crippen molar-refractivity contribution in [3.8, 4) is 11.5 Å². The Bertz CT molecular complexity index is 828. The van der Waals surface area contributed by atoms with Gasteiger partial charge in [0.05, 0.1) is 18.2 Å². The van der Waals surface area contributed by atoms with Gasteiger partial charge in [-0.2, -0.15) is 0 Å². The van der Waals surface area contributed by atoms with E-state index in [1.807, 2.05) is 38.1 Å². The smallest absolute Gasteiger partial charge is 0.248 e. The maximum Gasteiger partial charge on any atom is 0.248 e. The van der Waals surface area contributed by atoms with Crippen molar-refractivity contribution in [1.82, 2.24) is 0 Å². The number of anilines is 1. The van der Waals surface area contributed by atoms with Gasteiger partial charge in [-0.3, -0.25) is 4.79 Å². The van der Waals surface area contributed by atoms with E-state index in [1.54, 1.807) is 25.3 Å². The molecular weight excluding hydrogens is 362 g/mol. The third-order valence-electron chi connectivity index (χ3n) is 3.87. The summed E-state index contributed by atoms with van der Waals surface area (Å²) in [5, 5.41) is 3.37. The molecule has 2 aromatic rings. The summed E-state index contributed by atoms with van der Waals surface area (Å²) in [7, 11) is 1.56. The Balaban J connectivity index is 2.18. The minimum atomic E-state index is -0.208. The van der Waals surface area contributed by atoms with Gasteiger partial charge in [0.2, 0.25) is 5.91 Å². The van der Waals surface area contributed by atoms with Crippen molar-refractivity contribution in [3.05, 3.63) is 58.6 Å². The monoisotopic (exact) mass is 387 g/mol. The first-order chi connectivity index (χ1) is 12.8. The number of para-hydroxylation sites is 1. The molecule has 0 spiro atoms. The topological polar surface area (TPSA) is 47.6 Å². The fourth-order valence-electron chi connectivity index (χ4n) is 2.65. The number of ether oxygens (including phenoxy) is 2. The standard InChI is InChI=1S/C22H26ClNO3/c1-14(2)17-8-6-7-9-19(17)24-21(25)11-10-16-12-18(23)22(27-15(3)4)20(13-16)26-5/h6-15H,1-5H3,(H,24,25)/b11-10+. The second-order valence-corrected chi connectivity index (χ2v) is 7.17. The first-order valence-corrected chi connectivity index (χ1v) is 9.31. The fourth-order valence-corrected chi connectivity index (χ4v) is 2.91. The zero-order valence-corrected chi connectivity index (χ0v) is 17.1. The van der Waals surface area contributed by atoms with Crippen molar-refractivity contribution in [2.75, 3.05) is 12.4 Å². The molecule has 5 heteroatoms. The molecule has 0 radical (unpaired) electrons. The molecule has 27 heavy (non-hydrogen) atoms. The van der Waals surface area contributed by atoms with E-state index in [9.17, 15) is 4.79 Å². The van der Waals surface area contributed by atoms with E-state index in [-0.39, 0.29) is 12.0 Å². The predicted molar refractivity (Wildman–Crippen MR) is 112 cm³/mol. The first-order valence-electron chi connectivity index (χ1n) is 8.94. The normalized spacial score (nSPS) is 11.3. The molecule has 1 amide bonds. The molecule has 0 fully saturated rings. The molecule has 144 valence electrons. The molecule has 1 N–H and O–H groups in total. The zero-order valence-electron chi connectivity index (χ0n) is 16.4. The SMILES string of the molecule is COc1cc(/C=C/C(=O)Nc2ccccc2C(C)C)cc(Cl)c1OC(C)C. The molecule has 2 rings (SSSR count). The van der Waals surface area contributed by atoms with Crippen molar-refractivity contribution in [1.29, 1.82) is 0 Å². The minimum Gasteiger partial charge on any atom is -0.493 e. The van der Waals surface area contributed by atoms with E-state index in [1.165, 1.54) is 6.08 Å². The largest absolute Gasteiger partial charge is 0.493 e. The first kappa shape index (κ1) is 20.8. The predicted octanol–water partition coefficient (Wildman–Crippen LogP) is 5.91. The maximum absolute atomic E-state index is 12.3. The number of benzene rings is 2. The Kier molecular flexibility index (Phi) is 7.31. The number of rotatable bonds is 7. The van der Waals surface area contributed by atoms with Crippen LogP contribution in [-0.4, -0.2) is 19.1 Å². The molecule has 0 atom stereocenters. The summed E-state index contributed by atoms with van der Waals surface area (Å²) in [6.07, 6.45) is 3.15. The van der Waals surface area contributed by atoms with Gasteiger partial charge in [-0.1, -0.05) is 43.6 Å². The van der Waals surface area contributed by atoms with Crippen LogP contribution >= 0.6 is 11.6 Å². The number of methoxy groups -OCH3 is 1. The maximum atomic E-state index is 12.3. The van der Waals surface area contributed by atoms with E-state index in [0.717, 1.165) is 16.8 Å². The summed E-state index contributed by atoms with van der Waals surface area (Å²) in [6, 6.07) is 11.3. The average molecular weight is 388 g/mol. The second kappa shape index (κ2) is 9.47. The highest BCUT2D eigenvalue weighted by atomic mass is 35.5. The van der Waals surface area contributed by atoms with Gasteiger partial charge in [-0.05, 0) is 55.2 Å². The highest BCUT2D eigenvalue weighted by Gasteiger charge is 2.13. The number of halogens is 1. The summed E-state index contributed by atoms with van der Waals surface area (Å²) in [5.41, 5.74) is 2.66. The Morgan fingerprint density at radius 2 is 1.85 bits per heavy atom. The number of nitrogens with one attached hydrogen (secondary N) is 1. The second-order valence-electron chi connectivity index (χ2n) is 6.77. The Labute approximate surface area is 166 Å². The van der Waals surface area contributed by atoms with Crippen molar-refractivity contribution in [2.24, 2.45) is 0 Å². The number of carbonyl (C=O) groups excluding carboxylic acids is 1. The Morgan fingerprint density at radius 1 is 1.15 bits per heavy atom. The summed E-state index contributed by atoms with van der Waals surface area (Å²) in [5.74, 6) is 1.14. The van der Waals surface area contributed by atoms with E-state index in [2.05, 4.69) is 19.2 Å². The molecule has 0 saturated heterocycles. The van der Waals surface area contributed by atoms with Gasteiger partial charge in [0.15, 0.2) is 11.5 Å². The van der Waals surface area contributed by atoms with Crippen LogP contribution in [0, 0.1) is 0 Å². The van der Waals surface area contributed by atoms with E-state index < -0.39 is 0 Å². The van der Waals surface area contributed by atoms with Crippen LogP contribution in [0.2, 0.25) is 5.02 Å². The van der Waals surface area contributed by atoms with Crippen LogP contribution in [0.5, 0.6) is 11.5 Å². The van der Waals surface area contributed by atoms with Crippen LogP contribution in [0.15, 0.2) is 42.5 Å². The number of carbonyl (C=O) groups is 1. The van der Waals surface area contributed by atoms with E-state index in [4.69, 9.17) is 21.1 Å². The van der Waals surface area contributed by atoms with Gasteiger partial charge in [-0.15, -0.1) is 0 Å². The van der Waals surface area contributed by atoms with Gasteiger partial charge in [0.1, 0.15) is 0 Å². The molecule has 0 saturated carbocycles. The molecule has 4 nitrogen and oxygen atoms in total. The number of hydrogen-bond donors (Lipinski definition) is 1. The molecule has 0 unspecified atom stereocenters. The lowest BCUT2D eigenvalue weighted by atomic mass is 10.0. The Morgan fingerprint density at radius 3 is 2.48 bits per heavy atom. The van der Waals surface area contributed by atoms with Crippen LogP contribution in [0.4, 0.5) is 5.69 Å². The molecular formula is C22H26ClNO3. The zero-order chi connectivity index (χ0) is 20.0. The summed E-state index contributed by atoms with van der Waals surface area (Å²) in [4.78, 5) is 12.3. The number of amides is 1. The minimum absolute atomic E-state index is 0.0235. The Hall–Kier alpha value is -2.46. The molecule has 0 aliphatic carbocycles. The number of hydrogen-bond acceptors (Lipinski definition) is 3. The third kappa shape index (κ3) is 5.76. The van der Waals surface area contributed by atoms with Crippen molar-refractivity contribution in [3.63, 3.8) is 0 Å². The molecule has 0 aliphatic heterocycles. The highest BCUT2D eigenvalue weighted by Crippen LogP contribution is 2.37. The van der Waals surface area contributed by atoms with Crippen LogP contribution < -0.4 is 14.8 Å². The summed E-state index contributed by atoms with van der Waals surface area (Å²) < 4.78 is 11.1. The van der Waals surface area contributed by atoms with Crippen molar-refractivity contribution < 1.29 is 14.3 Å². The van der Waals surface area contributed by atoms with E-state index >= 15 is 0 Å². The van der Waals surface area contributed by atoms with Crippen LogP contribution in [-0.2, 0) is 4.79 Å². The van der Waals surface area contributed by atoms with Crippen LogP contribution in [0.1, 0.15) is 44.7 Å². The quantitative estimate of drug-likeness (QED) is 0.600. The molecule has 0 heterocycles. The lowest BCUT2D eigenvalue weighted by Gasteiger charge is -2.15. The van der Waals surface area contributed by atoms with Crippen molar-refractivity contribution >= 4 is 29.3 Å². The van der Waals surface area contributed by atoms with Gasteiger partial charge in [-0.25, -0.2) is 0 Å². The molecule has 2 aromatic carbocycles. The molecule has 0 aliphatic rings. The van der Waals surface area contributed by atoms with Gasteiger partial charge in [0.25, 0.3) is 0 Å². The summed E-state index contributed by atoms with van der Waals surface area (Å²) >= 11 is 6.32. The summed E-state index contributed by atoms with van der Waals surface area (Å²) in [6.45, 7) is 8.03.